The van der Waals surface area contributed by atoms with Crippen LogP contribution in [0.5, 0.6) is 5.75 Å². The number of fused-ring (bicyclic) bond motifs is 1. The van der Waals surface area contributed by atoms with E-state index in [1.807, 2.05) is 84.9 Å². The van der Waals surface area contributed by atoms with Gasteiger partial charge >= 0.3 is 0 Å². The molecule has 0 aliphatic carbocycles. The van der Waals surface area contributed by atoms with E-state index in [0.29, 0.717) is 0 Å². The first-order chi connectivity index (χ1) is 13.7. The molecule has 1 amide bonds. The molecule has 4 aromatic rings. The molecule has 4 nitrogen and oxygen atoms in total. The predicted molar refractivity (Wildman–Crippen MR) is 109 cm³/mol. The summed E-state index contributed by atoms with van der Waals surface area (Å²) in [6, 6.07) is 26.9. The van der Waals surface area contributed by atoms with E-state index in [2.05, 4.69) is 5.32 Å². The number of nitrogens with one attached hydrogen (secondary N) is 1. The number of rotatable bonds is 6. The van der Waals surface area contributed by atoms with Crippen LogP contribution in [0.15, 0.2) is 89.3 Å². The Morgan fingerprint density at radius 3 is 2.39 bits per heavy atom. The number of carbonyl (C=O) groups excluding carboxylic acids is 1. The van der Waals surface area contributed by atoms with Crippen LogP contribution < -0.4 is 10.1 Å². The second-order valence-corrected chi connectivity index (χ2v) is 6.62. The van der Waals surface area contributed by atoms with Crippen LogP contribution in [0.3, 0.4) is 0 Å². The molecule has 0 radical (unpaired) electrons. The van der Waals surface area contributed by atoms with Crippen LogP contribution in [-0.2, 0) is 11.2 Å². The zero-order valence-corrected chi connectivity index (χ0v) is 15.6. The Labute approximate surface area is 163 Å². The molecule has 4 rings (SSSR count). The number of amides is 1. The average molecular weight is 371 g/mol. The number of carbonyl (C=O) groups is 1. The molecule has 0 aliphatic heterocycles. The molecule has 0 unspecified atom stereocenters. The summed E-state index contributed by atoms with van der Waals surface area (Å²) in [5.41, 5.74) is 2.71. The van der Waals surface area contributed by atoms with Crippen molar-refractivity contribution in [3.63, 3.8) is 0 Å². The molecule has 0 fully saturated rings. The molecule has 0 spiro atoms. The Balaban J connectivity index is 1.59. The third-order valence-corrected chi connectivity index (χ3v) is 4.69. The van der Waals surface area contributed by atoms with Crippen LogP contribution in [0.1, 0.15) is 22.9 Å². The van der Waals surface area contributed by atoms with E-state index >= 15 is 0 Å². The number of furan rings is 1. The lowest BCUT2D eigenvalue weighted by Gasteiger charge is -2.17. The van der Waals surface area contributed by atoms with Gasteiger partial charge in [-0.25, -0.2) is 0 Å². The fourth-order valence-electron chi connectivity index (χ4n) is 3.25. The lowest BCUT2D eigenvalue weighted by molar-refractivity contribution is -0.121. The summed E-state index contributed by atoms with van der Waals surface area (Å²) in [4.78, 5) is 12.8. The minimum absolute atomic E-state index is 0.0699. The molecule has 1 N–H and O–H groups in total. The van der Waals surface area contributed by atoms with Crippen LogP contribution in [0.25, 0.3) is 11.0 Å². The lowest BCUT2D eigenvalue weighted by Crippen LogP contribution is -2.30. The number of methoxy groups -OCH3 is 1. The van der Waals surface area contributed by atoms with Crippen molar-refractivity contribution in [3.05, 3.63) is 102 Å². The maximum Gasteiger partial charge on any atom is 0.225 e. The van der Waals surface area contributed by atoms with Crippen LogP contribution in [-0.4, -0.2) is 13.0 Å². The second-order valence-electron chi connectivity index (χ2n) is 6.62. The maximum atomic E-state index is 12.8. The van der Waals surface area contributed by atoms with Gasteiger partial charge < -0.3 is 14.5 Å². The summed E-state index contributed by atoms with van der Waals surface area (Å²) in [6.45, 7) is 0. The molecule has 0 saturated heterocycles. The Kier molecular flexibility index (Phi) is 5.11. The second kappa shape index (κ2) is 8.01. The van der Waals surface area contributed by atoms with Crippen molar-refractivity contribution in [1.29, 1.82) is 0 Å². The highest BCUT2D eigenvalue weighted by molar-refractivity contribution is 5.81. The van der Waals surface area contributed by atoms with Crippen molar-refractivity contribution in [3.8, 4) is 5.75 Å². The third-order valence-electron chi connectivity index (χ3n) is 4.69. The van der Waals surface area contributed by atoms with E-state index in [-0.39, 0.29) is 18.4 Å². The number of ether oxygens (including phenoxy) is 1. The van der Waals surface area contributed by atoms with Gasteiger partial charge in [-0.1, -0.05) is 60.7 Å². The molecule has 28 heavy (non-hydrogen) atoms. The highest BCUT2D eigenvalue weighted by Crippen LogP contribution is 2.28. The van der Waals surface area contributed by atoms with E-state index in [9.17, 15) is 4.79 Å². The van der Waals surface area contributed by atoms with E-state index in [1.165, 1.54) is 0 Å². The summed E-state index contributed by atoms with van der Waals surface area (Å²) < 4.78 is 11.2. The highest BCUT2D eigenvalue weighted by atomic mass is 16.5. The smallest absolute Gasteiger partial charge is 0.225 e. The summed E-state index contributed by atoms with van der Waals surface area (Å²) in [5, 5.41) is 4.14. The molecular formula is C24H21NO3. The van der Waals surface area contributed by atoms with Gasteiger partial charge in [0.25, 0.3) is 0 Å². The highest BCUT2D eigenvalue weighted by Gasteiger charge is 2.21. The zero-order valence-electron chi connectivity index (χ0n) is 15.6. The molecule has 0 aliphatic rings. The normalized spacial score (nSPS) is 11.9. The first-order valence-electron chi connectivity index (χ1n) is 9.18. The number of hydrogen-bond donors (Lipinski definition) is 1. The van der Waals surface area contributed by atoms with Crippen LogP contribution in [0.2, 0.25) is 0 Å². The van der Waals surface area contributed by atoms with E-state index in [0.717, 1.165) is 33.6 Å². The molecule has 1 heterocycles. The fraction of sp³-hybridized carbons (Fsp3) is 0.125. The first-order valence-corrected chi connectivity index (χ1v) is 9.18. The van der Waals surface area contributed by atoms with Gasteiger partial charge in [-0.15, -0.1) is 0 Å². The molecule has 0 saturated carbocycles. The summed E-state index contributed by atoms with van der Waals surface area (Å²) in [7, 11) is 1.62. The summed E-state index contributed by atoms with van der Waals surface area (Å²) in [5.74, 6) is 1.42. The fourth-order valence-corrected chi connectivity index (χ4v) is 3.25. The van der Waals surface area contributed by atoms with E-state index in [4.69, 9.17) is 9.15 Å². The average Bonchev–Trinajstić information content (AvgIpc) is 3.17. The molecule has 0 bridgehead atoms. The Morgan fingerprint density at radius 2 is 1.68 bits per heavy atom. The quantitative estimate of drug-likeness (QED) is 0.525. The standard InChI is InChI=1S/C24H21NO3/c1-27-20-13-11-17(12-14-20)15-23(26)25-24(18-7-3-2-4-8-18)22-16-19-9-5-6-10-21(19)28-22/h2-14,16,24H,15H2,1H3,(H,25,26)/t24-/m0/s1. The van der Waals surface area contributed by atoms with Crippen LogP contribution in [0, 0.1) is 0 Å². The molecule has 1 aromatic heterocycles. The largest absolute Gasteiger partial charge is 0.497 e. The van der Waals surface area contributed by atoms with Crippen molar-refractivity contribution in [2.75, 3.05) is 7.11 Å². The van der Waals surface area contributed by atoms with Crippen molar-refractivity contribution < 1.29 is 13.9 Å². The van der Waals surface area contributed by atoms with Crippen molar-refractivity contribution in [2.24, 2.45) is 0 Å². The Hall–Kier alpha value is -3.53. The number of benzene rings is 3. The molecule has 1 atom stereocenters. The summed E-state index contributed by atoms with van der Waals surface area (Å²) in [6.07, 6.45) is 0.285. The number of para-hydroxylation sites is 1. The SMILES string of the molecule is COc1ccc(CC(=O)N[C@@H](c2ccccc2)c2cc3ccccc3o2)cc1. The first kappa shape index (κ1) is 17.9. The monoisotopic (exact) mass is 371 g/mol. The van der Waals surface area contributed by atoms with Crippen LogP contribution >= 0.6 is 0 Å². The zero-order chi connectivity index (χ0) is 19.3. The minimum Gasteiger partial charge on any atom is -0.497 e. The van der Waals surface area contributed by atoms with Gasteiger partial charge in [0.05, 0.1) is 13.5 Å². The van der Waals surface area contributed by atoms with Crippen molar-refractivity contribution in [1.82, 2.24) is 5.32 Å². The predicted octanol–water partition coefficient (Wildman–Crippen LogP) is 4.89. The minimum atomic E-state index is -0.348. The topological polar surface area (TPSA) is 51.5 Å². The molecule has 4 heteroatoms. The van der Waals surface area contributed by atoms with Gasteiger partial charge in [0.1, 0.15) is 23.1 Å². The molecule has 3 aromatic carbocycles. The number of hydrogen-bond acceptors (Lipinski definition) is 3. The molecule has 140 valence electrons. The van der Waals surface area contributed by atoms with E-state index < -0.39 is 0 Å². The Bertz CT molecular complexity index is 1030. The van der Waals surface area contributed by atoms with Gasteiger partial charge in [-0.2, -0.15) is 0 Å². The van der Waals surface area contributed by atoms with Crippen molar-refractivity contribution >= 4 is 16.9 Å². The molecular weight excluding hydrogens is 350 g/mol. The van der Waals surface area contributed by atoms with Gasteiger partial charge in [0, 0.05) is 5.39 Å². The lowest BCUT2D eigenvalue weighted by atomic mass is 10.0. The maximum absolute atomic E-state index is 12.8. The third kappa shape index (κ3) is 3.91. The van der Waals surface area contributed by atoms with Gasteiger partial charge in [0.2, 0.25) is 5.91 Å². The van der Waals surface area contributed by atoms with Gasteiger partial charge in [-0.3, -0.25) is 4.79 Å². The van der Waals surface area contributed by atoms with Gasteiger partial charge in [0.15, 0.2) is 0 Å². The summed E-state index contributed by atoms with van der Waals surface area (Å²) >= 11 is 0. The van der Waals surface area contributed by atoms with Crippen LogP contribution in [0.4, 0.5) is 0 Å². The van der Waals surface area contributed by atoms with E-state index in [1.54, 1.807) is 7.11 Å². The Morgan fingerprint density at radius 1 is 0.964 bits per heavy atom. The van der Waals surface area contributed by atoms with Gasteiger partial charge in [-0.05, 0) is 35.4 Å². The van der Waals surface area contributed by atoms with Crippen molar-refractivity contribution in [2.45, 2.75) is 12.5 Å².